The molecule has 0 saturated carbocycles. The second-order valence-electron chi connectivity index (χ2n) is 6.98. The van der Waals surface area contributed by atoms with E-state index in [1.165, 1.54) is 6.92 Å². The molecule has 0 aromatic heterocycles. The van der Waals surface area contributed by atoms with Crippen LogP contribution in [0.1, 0.15) is 52.0 Å². The summed E-state index contributed by atoms with van der Waals surface area (Å²) in [5.74, 6) is -0.411. The first-order chi connectivity index (χ1) is 13.4. The Hall–Kier alpha value is -3.15. The van der Waals surface area contributed by atoms with Crippen LogP contribution in [-0.4, -0.2) is 47.4 Å². The number of piperidine rings is 1. The maximum absolute atomic E-state index is 12.6. The number of carbonyl (C=O) groups excluding carboxylic acids is 2. The largest absolute Gasteiger partial charge is 0.484 e. The number of carbonyl (C=O) groups is 3. The molecule has 28 heavy (non-hydrogen) atoms. The monoisotopic (exact) mass is 381 g/mol. The SMILES string of the molecule is CC(=O)c1ccc(OCC(=O)N2CCCC(c3cccc(C(=O)O)c3)C2)cc1. The number of rotatable bonds is 6. The number of aromatic carboxylic acids is 1. The highest BCUT2D eigenvalue weighted by Crippen LogP contribution is 2.27. The lowest BCUT2D eigenvalue weighted by molar-refractivity contribution is -0.134. The zero-order valence-corrected chi connectivity index (χ0v) is 15.8. The molecule has 146 valence electrons. The second kappa shape index (κ2) is 8.69. The third-order valence-electron chi connectivity index (χ3n) is 5.00. The van der Waals surface area contributed by atoms with Gasteiger partial charge in [-0.3, -0.25) is 9.59 Å². The minimum Gasteiger partial charge on any atom is -0.484 e. The molecule has 1 saturated heterocycles. The highest BCUT2D eigenvalue weighted by atomic mass is 16.5. The summed E-state index contributed by atoms with van der Waals surface area (Å²) in [5.41, 5.74) is 1.80. The van der Waals surface area contributed by atoms with Crippen molar-refractivity contribution in [2.24, 2.45) is 0 Å². The van der Waals surface area contributed by atoms with E-state index in [0.717, 1.165) is 18.4 Å². The van der Waals surface area contributed by atoms with E-state index in [9.17, 15) is 19.5 Å². The summed E-state index contributed by atoms with van der Waals surface area (Å²) in [6.45, 7) is 2.65. The molecule has 1 heterocycles. The first kappa shape index (κ1) is 19.6. The number of ether oxygens (including phenoxy) is 1. The Bertz CT molecular complexity index is 875. The molecule has 3 rings (SSSR count). The lowest BCUT2D eigenvalue weighted by atomic mass is 9.89. The molecule has 1 aliphatic rings. The predicted octanol–water partition coefficient (Wildman–Crippen LogP) is 3.37. The van der Waals surface area contributed by atoms with Gasteiger partial charge in [0.2, 0.25) is 0 Å². The maximum atomic E-state index is 12.6. The van der Waals surface area contributed by atoms with Crippen molar-refractivity contribution in [2.45, 2.75) is 25.7 Å². The quantitative estimate of drug-likeness (QED) is 0.776. The van der Waals surface area contributed by atoms with Crippen LogP contribution in [0.4, 0.5) is 0 Å². The molecule has 0 bridgehead atoms. The Morgan fingerprint density at radius 2 is 1.86 bits per heavy atom. The van der Waals surface area contributed by atoms with Gasteiger partial charge in [-0.15, -0.1) is 0 Å². The molecule has 1 N–H and O–H groups in total. The number of carboxylic acids is 1. The van der Waals surface area contributed by atoms with Crippen molar-refractivity contribution in [1.82, 2.24) is 4.90 Å². The van der Waals surface area contributed by atoms with E-state index in [2.05, 4.69) is 0 Å². The molecule has 1 fully saturated rings. The highest BCUT2D eigenvalue weighted by Gasteiger charge is 2.25. The zero-order chi connectivity index (χ0) is 20.1. The van der Waals surface area contributed by atoms with Crippen LogP contribution in [0, 0.1) is 0 Å². The summed E-state index contributed by atoms with van der Waals surface area (Å²) < 4.78 is 5.57. The van der Waals surface area contributed by atoms with Gasteiger partial charge in [-0.05, 0) is 61.7 Å². The number of nitrogens with zero attached hydrogens (tertiary/aromatic N) is 1. The van der Waals surface area contributed by atoms with Crippen molar-refractivity contribution in [3.8, 4) is 5.75 Å². The van der Waals surface area contributed by atoms with E-state index in [-0.39, 0.29) is 29.8 Å². The summed E-state index contributed by atoms with van der Waals surface area (Å²) >= 11 is 0. The van der Waals surface area contributed by atoms with Crippen LogP contribution in [0.2, 0.25) is 0 Å². The molecule has 0 radical (unpaired) electrons. The molecule has 1 amide bonds. The summed E-state index contributed by atoms with van der Waals surface area (Å²) in [6.07, 6.45) is 1.78. The van der Waals surface area contributed by atoms with Crippen LogP contribution in [-0.2, 0) is 4.79 Å². The fourth-order valence-electron chi connectivity index (χ4n) is 3.42. The van der Waals surface area contributed by atoms with Crippen molar-refractivity contribution >= 4 is 17.7 Å². The van der Waals surface area contributed by atoms with E-state index < -0.39 is 5.97 Å². The number of benzene rings is 2. The van der Waals surface area contributed by atoms with Gasteiger partial charge < -0.3 is 14.7 Å². The molecule has 0 spiro atoms. The lowest BCUT2D eigenvalue weighted by Crippen LogP contribution is -2.41. The first-order valence-electron chi connectivity index (χ1n) is 9.29. The van der Waals surface area contributed by atoms with Crippen LogP contribution in [0.5, 0.6) is 5.75 Å². The van der Waals surface area contributed by atoms with Crippen molar-refractivity contribution < 1.29 is 24.2 Å². The number of amides is 1. The summed E-state index contributed by atoms with van der Waals surface area (Å²) in [4.78, 5) is 36.8. The Labute approximate surface area is 163 Å². The van der Waals surface area contributed by atoms with Crippen molar-refractivity contribution in [3.05, 3.63) is 65.2 Å². The van der Waals surface area contributed by atoms with Crippen LogP contribution in [0.25, 0.3) is 0 Å². The van der Waals surface area contributed by atoms with Crippen molar-refractivity contribution in [3.63, 3.8) is 0 Å². The van der Waals surface area contributed by atoms with Gasteiger partial charge >= 0.3 is 5.97 Å². The Morgan fingerprint density at radius 3 is 2.54 bits per heavy atom. The Morgan fingerprint density at radius 1 is 1.11 bits per heavy atom. The predicted molar refractivity (Wildman–Crippen MR) is 104 cm³/mol. The number of Topliss-reactive ketones (excluding diaryl/α,β-unsaturated/α-hetero) is 1. The van der Waals surface area contributed by atoms with Crippen LogP contribution in [0.3, 0.4) is 0 Å². The number of likely N-dealkylation sites (tertiary alicyclic amines) is 1. The number of carboxylic acid groups (broad SMARTS) is 1. The first-order valence-corrected chi connectivity index (χ1v) is 9.29. The van der Waals surface area contributed by atoms with Gasteiger partial charge in [0, 0.05) is 24.6 Å². The van der Waals surface area contributed by atoms with Crippen molar-refractivity contribution in [2.75, 3.05) is 19.7 Å². The van der Waals surface area contributed by atoms with E-state index in [1.807, 2.05) is 6.07 Å². The van der Waals surface area contributed by atoms with Crippen LogP contribution < -0.4 is 4.74 Å². The Balaban J connectivity index is 1.59. The van der Waals surface area contributed by atoms with Gasteiger partial charge in [0.15, 0.2) is 12.4 Å². The molecule has 2 aromatic carbocycles. The maximum Gasteiger partial charge on any atom is 0.335 e. The summed E-state index contributed by atoms with van der Waals surface area (Å²) in [5, 5.41) is 9.17. The van der Waals surface area contributed by atoms with Crippen LogP contribution in [0.15, 0.2) is 48.5 Å². The zero-order valence-electron chi connectivity index (χ0n) is 15.8. The molecule has 6 nitrogen and oxygen atoms in total. The molecule has 1 atom stereocenters. The van der Waals surface area contributed by atoms with Gasteiger partial charge in [-0.1, -0.05) is 12.1 Å². The van der Waals surface area contributed by atoms with Crippen molar-refractivity contribution in [1.29, 1.82) is 0 Å². The fourth-order valence-corrected chi connectivity index (χ4v) is 3.42. The Kier molecular flexibility index (Phi) is 6.09. The standard InChI is InChI=1S/C22H23NO5/c1-15(24)16-7-9-20(10-8-16)28-14-21(25)23-11-3-6-19(13-23)17-4-2-5-18(12-17)22(26)27/h2,4-5,7-10,12,19H,3,6,11,13-14H2,1H3,(H,26,27). The minimum absolute atomic E-state index is 0.0195. The normalized spacial score (nSPS) is 16.5. The van der Waals surface area contributed by atoms with E-state index in [0.29, 0.717) is 24.4 Å². The van der Waals surface area contributed by atoms with E-state index in [1.54, 1.807) is 47.4 Å². The molecular weight excluding hydrogens is 358 g/mol. The third kappa shape index (κ3) is 4.76. The summed E-state index contributed by atoms with van der Waals surface area (Å²) in [6, 6.07) is 13.6. The van der Waals surface area contributed by atoms with Gasteiger partial charge in [0.25, 0.3) is 5.91 Å². The average Bonchev–Trinajstić information content (AvgIpc) is 2.72. The average molecular weight is 381 g/mol. The minimum atomic E-state index is -0.949. The second-order valence-corrected chi connectivity index (χ2v) is 6.98. The molecule has 1 aliphatic heterocycles. The van der Waals surface area contributed by atoms with Gasteiger partial charge in [0.1, 0.15) is 5.75 Å². The van der Waals surface area contributed by atoms with Crippen LogP contribution >= 0.6 is 0 Å². The molecule has 2 aromatic rings. The molecular formula is C22H23NO5. The summed E-state index contributed by atoms with van der Waals surface area (Å²) in [7, 11) is 0. The van der Waals surface area contributed by atoms with E-state index >= 15 is 0 Å². The number of ketones is 1. The number of hydrogen-bond acceptors (Lipinski definition) is 4. The molecule has 0 aliphatic carbocycles. The smallest absolute Gasteiger partial charge is 0.335 e. The van der Waals surface area contributed by atoms with Gasteiger partial charge in [0.05, 0.1) is 5.56 Å². The highest BCUT2D eigenvalue weighted by molar-refractivity contribution is 5.94. The molecule has 6 heteroatoms. The molecule has 1 unspecified atom stereocenters. The lowest BCUT2D eigenvalue weighted by Gasteiger charge is -2.33. The third-order valence-corrected chi connectivity index (χ3v) is 5.00. The van der Waals surface area contributed by atoms with E-state index in [4.69, 9.17) is 4.74 Å². The fraction of sp³-hybridized carbons (Fsp3) is 0.318. The van der Waals surface area contributed by atoms with Gasteiger partial charge in [-0.25, -0.2) is 4.79 Å². The van der Waals surface area contributed by atoms with Gasteiger partial charge in [-0.2, -0.15) is 0 Å². The topological polar surface area (TPSA) is 83.9 Å². The number of hydrogen-bond donors (Lipinski definition) is 1.